The van der Waals surface area contributed by atoms with Gasteiger partial charge in [-0.3, -0.25) is 4.79 Å². The number of carbonyl (C=O) groups excluding carboxylic acids is 1. The molecule has 1 amide bonds. The molecule has 1 N–H and O–H groups in total. The van der Waals surface area contributed by atoms with E-state index in [2.05, 4.69) is 10.2 Å². The Bertz CT molecular complexity index is 453. The predicted octanol–water partition coefficient (Wildman–Crippen LogP) is 2.30. The third-order valence-electron chi connectivity index (χ3n) is 3.13. The number of rotatable bonds is 2. The van der Waals surface area contributed by atoms with Gasteiger partial charge in [0.15, 0.2) is 0 Å². The number of likely N-dealkylation sites (N-methyl/N-ethyl adjacent to an activating group) is 1. The Hall–Kier alpha value is -1.13. The lowest BCUT2D eigenvalue weighted by atomic mass is 10.1. The molecule has 1 aromatic rings. The van der Waals surface area contributed by atoms with Crippen LogP contribution < -0.4 is 5.32 Å². The van der Waals surface area contributed by atoms with Gasteiger partial charge in [-0.2, -0.15) is 0 Å². The van der Waals surface area contributed by atoms with Crippen LogP contribution in [0.3, 0.4) is 0 Å². The Morgan fingerprint density at radius 3 is 3.06 bits per heavy atom. The van der Waals surface area contributed by atoms with Gasteiger partial charge >= 0.3 is 0 Å². The molecule has 0 radical (unpaired) electrons. The van der Waals surface area contributed by atoms with Gasteiger partial charge in [0.05, 0.1) is 5.56 Å². The molecule has 0 aromatic heterocycles. The van der Waals surface area contributed by atoms with Crippen LogP contribution >= 0.6 is 11.6 Å². The summed E-state index contributed by atoms with van der Waals surface area (Å²) in [6, 6.07) is 4.08. The molecule has 1 aliphatic rings. The van der Waals surface area contributed by atoms with Crippen molar-refractivity contribution in [2.45, 2.75) is 18.9 Å². The number of likely N-dealkylation sites (tertiary alicyclic amines) is 1. The van der Waals surface area contributed by atoms with Gasteiger partial charge in [0.2, 0.25) is 0 Å². The second-order valence-corrected chi connectivity index (χ2v) is 5.14. The van der Waals surface area contributed by atoms with Crippen molar-refractivity contribution in [3.63, 3.8) is 0 Å². The van der Waals surface area contributed by atoms with Crippen molar-refractivity contribution in [2.75, 3.05) is 20.1 Å². The maximum Gasteiger partial charge on any atom is 0.254 e. The molecule has 1 fully saturated rings. The minimum atomic E-state index is -0.541. The molecule has 1 heterocycles. The molecule has 1 aliphatic heterocycles. The summed E-state index contributed by atoms with van der Waals surface area (Å²) < 4.78 is 13.5. The lowest BCUT2D eigenvalue weighted by molar-refractivity contribution is 0.0908. The topological polar surface area (TPSA) is 32.3 Å². The van der Waals surface area contributed by atoms with E-state index in [9.17, 15) is 9.18 Å². The second kappa shape index (κ2) is 5.67. The number of nitrogens with zero attached hydrogens (tertiary/aromatic N) is 1. The van der Waals surface area contributed by atoms with E-state index in [1.807, 2.05) is 7.05 Å². The van der Waals surface area contributed by atoms with Gasteiger partial charge in [-0.25, -0.2) is 4.39 Å². The first-order valence-corrected chi connectivity index (χ1v) is 6.38. The highest BCUT2D eigenvalue weighted by molar-refractivity contribution is 6.31. The average Bonchev–Trinajstić information content (AvgIpc) is 2.32. The number of carbonyl (C=O) groups is 1. The molecule has 1 aromatic carbocycles. The number of nitrogens with one attached hydrogen (secondary N) is 1. The molecule has 3 nitrogen and oxygen atoms in total. The SMILES string of the molecule is CN1CCCC(NC(=O)c2cc(Cl)ccc2F)C1. The highest BCUT2D eigenvalue weighted by Crippen LogP contribution is 2.16. The normalized spacial score (nSPS) is 20.7. The van der Waals surface area contributed by atoms with Crippen LogP contribution in [-0.4, -0.2) is 37.0 Å². The van der Waals surface area contributed by atoms with Gasteiger partial charge in [0, 0.05) is 17.6 Å². The van der Waals surface area contributed by atoms with Crippen LogP contribution in [0.5, 0.6) is 0 Å². The summed E-state index contributed by atoms with van der Waals surface area (Å²) in [5.74, 6) is -0.934. The minimum absolute atomic E-state index is 0.00993. The van der Waals surface area contributed by atoms with Crippen molar-refractivity contribution in [3.8, 4) is 0 Å². The Kier molecular flexibility index (Phi) is 4.19. The Morgan fingerprint density at radius 2 is 2.33 bits per heavy atom. The number of hydrogen-bond acceptors (Lipinski definition) is 2. The lowest BCUT2D eigenvalue weighted by Gasteiger charge is -2.30. The quantitative estimate of drug-likeness (QED) is 0.894. The fourth-order valence-corrected chi connectivity index (χ4v) is 2.39. The maximum absolute atomic E-state index is 13.5. The monoisotopic (exact) mass is 270 g/mol. The first-order valence-electron chi connectivity index (χ1n) is 6.00. The van der Waals surface area contributed by atoms with Crippen molar-refractivity contribution in [2.24, 2.45) is 0 Å². The molecule has 1 unspecified atom stereocenters. The average molecular weight is 271 g/mol. The van der Waals surface area contributed by atoms with Crippen LogP contribution in [-0.2, 0) is 0 Å². The number of piperidine rings is 1. The van der Waals surface area contributed by atoms with Gasteiger partial charge in [-0.15, -0.1) is 0 Å². The molecule has 1 saturated heterocycles. The number of amides is 1. The van der Waals surface area contributed by atoms with E-state index in [-0.39, 0.29) is 11.6 Å². The van der Waals surface area contributed by atoms with E-state index in [1.54, 1.807) is 0 Å². The van der Waals surface area contributed by atoms with Crippen LogP contribution in [0.25, 0.3) is 0 Å². The van der Waals surface area contributed by atoms with Gasteiger partial charge in [-0.1, -0.05) is 11.6 Å². The Morgan fingerprint density at radius 1 is 1.56 bits per heavy atom. The molecule has 0 saturated carbocycles. The van der Waals surface area contributed by atoms with Crippen molar-refractivity contribution in [1.29, 1.82) is 0 Å². The zero-order valence-electron chi connectivity index (χ0n) is 10.2. The summed E-state index contributed by atoms with van der Waals surface area (Å²) >= 11 is 5.77. The fourth-order valence-electron chi connectivity index (χ4n) is 2.22. The summed E-state index contributed by atoms with van der Waals surface area (Å²) in [4.78, 5) is 14.1. The molecule has 1 atom stereocenters. The molecule has 2 rings (SSSR count). The van der Waals surface area contributed by atoms with Crippen molar-refractivity contribution >= 4 is 17.5 Å². The zero-order chi connectivity index (χ0) is 13.1. The van der Waals surface area contributed by atoms with Gasteiger partial charge in [0.25, 0.3) is 5.91 Å². The molecule has 0 bridgehead atoms. The second-order valence-electron chi connectivity index (χ2n) is 4.70. The van der Waals surface area contributed by atoms with E-state index in [4.69, 9.17) is 11.6 Å². The van der Waals surface area contributed by atoms with Crippen molar-refractivity contribution in [3.05, 3.63) is 34.6 Å². The van der Waals surface area contributed by atoms with Crippen LogP contribution in [0, 0.1) is 5.82 Å². The van der Waals surface area contributed by atoms with E-state index in [1.165, 1.54) is 18.2 Å². The smallest absolute Gasteiger partial charge is 0.254 e. The van der Waals surface area contributed by atoms with Crippen LogP contribution in [0.15, 0.2) is 18.2 Å². The predicted molar refractivity (Wildman–Crippen MR) is 69.4 cm³/mol. The summed E-state index contributed by atoms with van der Waals surface area (Å²) in [6.45, 7) is 1.84. The number of halogens is 2. The van der Waals surface area contributed by atoms with E-state index in [0.29, 0.717) is 5.02 Å². The van der Waals surface area contributed by atoms with Crippen molar-refractivity contribution < 1.29 is 9.18 Å². The summed E-state index contributed by atoms with van der Waals surface area (Å²) in [7, 11) is 2.01. The maximum atomic E-state index is 13.5. The Labute approximate surface area is 111 Å². The highest BCUT2D eigenvalue weighted by atomic mass is 35.5. The van der Waals surface area contributed by atoms with Crippen LogP contribution in [0.1, 0.15) is 23.2 Å². The lowest BCUT2D eigenvalue weighted by Crippen LogP contribution is -2.46. The zero-order valence-corrected chi connectivity index (χ0v) is 11.0. The molecule has 98 valence electrons. The van der Waals surface area contributed by atoms with Crippen LogP contribution in [0.4, 0.5) is 4.39 Å². The largest absolute Gasteiger partial charge is 0.348 e. The molecule has 18 heavy (non-hydrogen) atoms. The molecule has 0 aliphatic carbocycles. The van der Waals surface area contributed by atoms with E-state index in [0.717, 1.165) is 25.9 Å². The van der Waals surface area contributed by atoms with E-state index >= 15 is 0 Å². The third kappa shape index (κ3) is 3.21. The van der Waals surface area contributed by atoms with Crippen LogP contribution in [0.2, 0.25) is 5.02 Å². The Balaban J connectivity index is 2.05. The van der Waals surface area contributed by atoms with Gasteiger partial charge < -0.3 is 10.2 Å². The van der Waals surface area contributed by atoms with E-state index < -0.39 is 11.7 Å². The number of hydrogen-bond donors (Lipinski definition) is 1. The summed E-state index contributed by atoms with van der Waals surface area (Å²) in [5.41, 5.74) is 0.00993. The van der Waals surface area contributed by atoms with Gasteiger partial charge in [-0.05, 0) is 44.6 Å². The molecule has 5 heteroatoms. The first kappa shape index (κ1) is 13.3. The van der Waals surface area contributed by atoms with Gasteiger partial charge in [0.1, 0.15) is 5.82 Å². The summed E-state index contributed by atoms with van der Waals surface area (Å²) in [5, 5.41) is 3.22. The number of benzene rings is 1. The molecule has 0 spiro atoms. The minimum Gasteiger partial charge on any atom is -0.348 e. The molecular formula is C13H16ClFN2O. The third-order valence-corrected chi connectivity index (χ3v) is 3.37. The fraction of sp³-hybridized carbons (Fsp3) is 0.462. The van der Waals surface area contributed by atoms with Crippen molar-refractivity contribution in [1.82, 2.24) is 10.2 Å². The summed E-state index contributed by atoms with van der Waals surface area (Å²) in [6.07, 6.45) is 1.97. The first-order chi connectivity index (χ1) is 8.56. The highest BCUT2D eigenvalue weighted by Gasteiger charge is 2.21. The molecular weight excluding hydrogens is 255 g/mol. The standard InChI is InChI=1S/C13H16ClFN2O/c1-17-6-2-3-10(8-17)16-13(18)11-7-9(14)4-5-12(11)15/h4-5,7,10H,2-3,6,8H2,1H3,(H,16,18).